The lowest BCUT2D eigenvalue weighted by Gasteiger charge is -2.39. The lowest BCUT2D eigenvalue weighted by atomic mass is 9.78. The van der Waals surface area contributed by atoms with Crippen LogP contribution in [-0.4, -0.2) is 67.2 Å². The average Bonchev–Trinajstić information content (AvgIpc) is 3.14. The van der Waals surface area contributed by atoms with Crippen molar-refractivity contribution in [2.75, 3.05) is 27.3 Å². The third-order valence-corrected chi connectivity index (χ3v) is 6.94. The number of likely N-dealkylation sites (tertiary alicyclic amines) is 1. The molecule has 2 heterocycles. The van der Waals surface area contributed by atoms with Gasteiger partial charge >= 0.3 is 0 Å². The fourth-order valence-corrected chi connectivity index (χ4v) is 4.90. The molecular formula is C26H29F2N3O4. The van der Waals surface area contributed by atoms with Crippen molar-refractivity contribution in [2.24, 2.45) is 10.5 Å². The van der Waals surface area contributed by atoms with Gasteiger partial charge in [0.25, 0.3) is 5.91 Å². The molecule has 7 nitrogen and oxygen atoms in total. The predicted molar refractivity (Wildman–Crippen MR) is 127 cm³/mol. The number of carbonyl (C=O) groups is 2. The zero-order valence-corrected chi connectivity index (χ0v) is 20.3. The number of amides is 1. The van der Waals surface area contributed by atoms with E-state index in [9.17, 15) is 18.4 Å². The first-order valence-electron chi connectivity index (χ1n) is 11.5. The molecule has 0 radical (unpaired) electrons. The van der Waals surface area contributed by atoms with Gasteiger partial charge in [-0.25, -0.2) is 8.78 Å². The Labute approximate surface area is 203 Å². The van der Waals surface area contributed by atoms with E-state index in [1.165, 1.54) is 17.0 Å². The van der Waals surface area contributed by atoms with Crippen molar-refractivity contribution in [1.82, 2.24) is 9.91 Å². The number of rotatable bonds is 6. The van der Waals surface area contributed by atoms with Crippen LogP contribution in [0.15, 0.2) is 41.5 Å². The van der Waals surface area contributed by atoms with E-state index >= 15 is 0 Å². The highest BCUT2D eigenvalue weighted by atomic mass is 19.2. The number of benzene rings is 2. The standard InChI is InChI=1S/C26H29F2N3O4/c1-26(2)22(15-32)31(29-24(26)16-8-9-20(34-3)21(14-16)35-4)17-10-12-30(13-11-17)25(33)18-6-5-7-19(27)23(18)28/h5-9,14-15,17,22H,10-13H2,1-4H3. The zero-order chi connectivity index (χ0) is 25.3. The summed E-state index contributed by atoms with van der Waals surface area (Å²) in [5.41, 5.74) is 0.747. The number of ether oxygens (including phenoxy) is 2. The number of hydrogen-bond acceptors (Lipinski definition) is 6. The summed E-state index contributed by atoms with van der Waals surface area (Å²) in [6, 6.07) is 8.58. The zero-order valence-electron chi connectivity index (χ0n) is 20.3. The first kappa shape index (κ1) is 24.6. The van der Waals surface area contributed by atoms with Gasteiger partial charge in [0.2, 0.25) is 0 Å². The Morgan fingerprint density at radius 2 is 1.77 bits per heavy atom. The van der Waals surface area contributed by atoms with Crippen LogP contribution in [-0.2, 0) is 4.79 Å². The van der Waals surface area contributed by atoms with Gasteiger partial charge in [-0.1, -0.05) is 19.9 Å². The van der Waals surface area contributed by atoms with Crippen LogP contribution in [0.5, 0.6) is 11.5 Å². The van der Waals surface area contributed by atoms with Crippen molar-refractivity contribution in [1.29, 1.82) is 0 Å². The van der Waals surface area contributed by atoms with E-state index in [2.05, 4.69) is 0 Å². The van der Waals surface area contributed by atoms with Gasteiger partial charge in [0.1, 0.15) is 12.3 Å². The molecule has 0 bridgehead atoms. The van der Waals surface area contributed by atoms with Crippen LogP contribution in [0, 0.1) is 17.0 Å². The topological polar surface area (TPSA) is 71.4 Å². The minimum Gasteiger partial charge on any atom is -0.493 e. The van der Waals surface area contributed by atoms with E-state index in [4.69, 9.17) is 14.6 Å². The van der Waals surface area contributed by atoms with E-state index in [0.717, 1.165) is 23.6 Å². The summed E-state index contributed by atoms with van der Waals surface area (Å²) >= 11 is 0. The van der Waals surface area contributed by atoms with Crippen molar-refractivity contribution in [3.05, 3.63) is 59.2 Å². The summed E-state index contributed by atoms with van der Waals surface area (Å²) in [7, 11) is 3.13. The summed E-state index contributed by atoms with van der Waals surface area (Å²) in [5, 5.41) is 6.72. The molecule has 9 heteroatoms. The Balaban J connectivity index is 1.55. The maximum absolute atomic E-state index is 14.1. The fourth-order valence-electron chi connectivity index (χ4n) is 4.90. The Bertz CT molecular complexity index is 1160. The second-order valence-electron chi connectivity index (χ2n) is 9.33. The highest BCUT2D eigenvalue weighted by Gasteiger charge is 2.47. The molecule has 186 valence electrons. The smallest absolute Gasteiger partial charge is 0.256 e. The Morgan fingerprint density at radius 1 is 1.09 bits per heavy atom. The van der Waals surface area contributed by atoms with Crippen LogP contribution in [0.3, 0.4) is 0 Å². The third-order valence-electron chi connectivity index (χ3n) is 6.94. The fraction of sp³-hybridized carbons (Fsp3) is 0.423. The van der Waals surface area contributed by atoms with Gasteiger partial charge in [0.05, 0.1) is 31.5 Å². The second kappa shape index (κ2) is 9.64. The van der Waals surface area contributed by atoms with Crippen LogP contribution in [0.25, 0.3) is 0 Å². The summed E-state index contributed by atoms with van der Waals surface area (Å²) in [6.07, 6.45) is 2.01. The molecule has 2 aromatic rings. The molecule has 4 rings (SSSR count). The number of methoxy groups -OCH3 is 2. The SMILES string of the molecule is COc1ccc(C2=NN(C3CCN(C(=O)c4cccc(F)c4F)CC3)C(C=O)C2(C)C)cc1OC. The van der Waals surface area contributed by atoms with Gasteiger partial charge in [0, 0.05) is 24.1 Å². The minimum atomic E-state index is -1.13. The average molecular weight is 486 g/mol. The Hall–Kier alpha value is -3.49. The predicted octanol–water partition coefficient (Wildman–Crippen LogP) is 3.90. The van der Waals surface area contributed by atoms with Crippen molar-refractivity contribution in [3.63, 3.8) is 0 Å². The summed E-state index contributed by atoms with van der Waals surface area (Å²) in [6.45, 7) is 4.66. The van der Waals surface area contributed by atoms with Gasteiger partial charge in [-0.15, -0.1) is 0 Å². The van der Waals surface area contributed by atoms with Crippen molar-refractivity contribution >= 4 is 17.9 Å². The van der Waals surface area contributed by atoms with Crippen molar-refractivity contribution in [2.45, 2.75) is 38.8 Å². The largest absolute Gasteiger partial charge is 0.493 e. The molecule has 0 aromatic heterocycles. The van der Waals surface area contributed by atoms with E-state index < -0.39 is 29.0 Å². The molecule has 1 unspecified atom stereocenters. The number of aldehydes is 1. The molecule has 1 fully saturated rings. The quantitative estimate of drug-likeness (QED) is 0.581. The van der Waals surface area contributed by atoms with Crippen LogP contribution in [0.1, 0.15) is 42.6 Å². The van der Waals surface area contributed by atoms with Crippen molar-refractivity contribution < 1.29 is 27.8 Å². The molecule has 2 aromatic carbocycles. The molecule has 1 saturated heterocycles. The van der Waals surface area contributed by atoms with E-state index in [-0.39, 0.29) is 11.6 Å². The van der Waals surface area contributed by atoms with Crippen LogP contribution < -0.4 is 9.47 Å². The summed E-state index contributed by atoms with van der Waals surface area (Å²) < 4.78 is 38.5. The molecule has 1 atom stereocenters. The minimum absolute atomic E-state index is 0.0801. The highest BCUT2D eigenvalue weighted by molar-refractivity contribution is 6.07. The number of nitrogens with zero attached hydrogens (tertiary/aromatic N) is 3. The Morgan fingerprint density at radius 3 is 2.40 bits per heavy atom. The number of piperidine rings is 1. The monoisotopic (exact) mass is 485 g/mol. The molecule has 0 N–H and O–H groups in total. The second-order valence-corrected chi connectivity index (χ2v) is 9.33. The molecule has 35 heavy (non-hydrogen) atoms. The Kier molecular flexibility index (Phi) is 6.78. The molecule has 0 saturated carbocycles. The number of halogens is 2. The maximum atomic E-state index is 14.1. The highest BCUT2D eigenvalue weighted by Crippen LogP contribution is 2.40. The van der Waals surface area contributed by atoms with E-state index in [0.29, 0.717) is 37.4 Å². The summed E-state index contributed by atoms with van der Waals surface area (Å²) in [5.74, 6) is -1.55. The number of carbonyl (C=O) groups excluding carboxylic acids is 2. The van der Waals surface area contributed by atoms with Gasteiger partial charge in [-0.05, 0) is 43.2 Å². The molecule has 2 aliphatic rings. The number of hydrogen-bond donors (Lipinski definition) is 0. The number of hydrazone groups is 1. The molecule has 1 amide bonds. The molecule has 2 aliphatic heterocycles. The third kappa shape index (κ3) is 4.35. The van der Waals surface area contributed by atoms with Crippen LogP contribution in [0.2, 0.25) is 0 Å². The molecule has 0 spiro atoms. The first-order valence-corrected chi connectivity index (χ1v) is 11.5. The van der Waals surface area contributed by atoms with Crippen molar-refractivity contribution in [3.8, 4) is 11.5 Å². The van der Waals surface area contributed by atoms with E-state index in [1.807, 2.05) is 31.0 Å². The van der Waals surface area contributed by atoms with Gasteiger partial charge in [-0.3, -0.25) is 9.80 Å². The first-order chi connectivity index (χ1) is 16.7. The summed E-state index contributed by atoms with van der Waals surface area (Å²) in [4.78, 5) is 26.5. The van der Waals surface area contributed by atoms with Crippen LogP contribution in [0.4, 0.5) is 8.78 Å². The van der Waals surface area contributed by atoms with Crippen LogP contribution >= 0.6 is 0 Å². The lowest BCUT2D eigenvalue weighted by Crippen LogP contribution is -2.50. The van der Waals surface area contributed by atoms with Gasteiger partial charge in [-0.2, -0.15) is 5.10 Å². The normalized spacial score (nSPS) is 19.9. The molecular weight excluding hydrogens is 456 g/mol. The molecule has 0 aliphatic carbocycles. The van der Waals surface area contributed by atoms with E-state index in [1.54, 1.807) is 20.3 Å². The van der Waals surface area contributed by atoms with Gasteiger partial charge in [0.15, 0.2) is 23.1 Å². The lowest BCUT2D eigenvalue weighted by molar-refractivity contribution is -0.115. The van der Waals surface area contributed by atoms with Gasteiger partial charge < -0.3 is 19.2 Å². The maximum Gasteiger partial charge on any atom is 0.256 e.